The number of ether oxygens (including phenoxy) is 4. The molecule has 7 aromatic rings. The molecule has 2 heterocycles. The Hall–Kier alpha value is -5.18. The number of fused-ring (bicyclic) bond motifs is 5. The van der Waals surface area contributed by atoms with E-state index in [1.807, 2.05) is 39.8 Å². The Labute approximate surface area is 319 Å². The summed E-state index contributed by atoms with van der Waals surface area (Å²) in [6.45, 7) is 7.69. The van der Waals surface area contributed by atoms with Crippen LogP contribution in [0.2, 0.25) is 0 Å². The maximum atomic E-state index is 6.14. The summed E-state index contributed by atoms with van der Waals surface area (Å²) in [5.41, 5.74) is 6.10. The normalized spacial score (nSPS) is 14.9. The maximum absolute atomic E-state index is 6.14. The summed E-state index contributed by atoms with van der Waals surface area (Å²) < 4.78 is 26.3. The van der Waals surface area contributed by atoms with Gasteiger partial charge in [-0.3, -0.25) is 0 Å². The third-order valence-corrected chi connectivity index (χ3v) is 10.3. The zero-order valence-corrected chi connectivity index (χ0v) is 32.2. The van der Waals surface area contributed by atoms with Crippen molar-refractivity contribution in [2.75, 3.05) is 9.80 Å². The van der Waals surface area contributed by atoms with Gasteiger partial charge in [-0.15, -0.1) is 0 Å². The molecule has 9 rings (SSSR count). The first kappa shape index (κ1) is 32.7. The van der Waals surface area contributed by atoms with Crippen molar-refractivity contribution in [1.82, 2.24) is 0 Å². The van der Waals surface area contributed by atoms with Crippen molar-refractivity contribution < 1.29 is 18.9 Å². The van der Waals surface area contributed by atoms with Crippen LogP contribution in [0.4, 0.5) is 34.1 Å². The molecule has 52 heavy (non-hydrogen) atoms. The third kappa shape index (κ3) is 5.99. The Kier molecular flexibility index (Phi) is 7.68. The molecular weight excluding hydrogens is 780 g/mol. The lowest BCUT2D eigenvalue weighted by atomic mass is 10.00. The molecule has 0 atom stereocenters. The highest BCUT2D eigenvalue weighted by molar-refractivity contribution is 9.10. The average molecular weight is 815 g/mol. The first-order chi connectivity index (χ1) is 25.0. The van der Waals surface area contributed by atoms with E-state index in [0.29, 0.717) is 0 Å². The lowest BCUT2D eigenvalue weighted by Crippen LogP contribution is -2.29. The molecule has 0 amide bonds. The van der Waals surface area contributed by atoms with Crippen molar-refractivity contribution in [1.29, 1.82) is 0 Å². The maximum Gasteiger partial charge on any atom is 0.246 e. The summed E-state index contributed by atoms with van der Waals surface area (Å²) in [6, 6.07) is 46.7. The van der Waals surface area contributed by atoms with Gasteiger partial charge >= 0.3 is 0 Å². The van der Waals surface area contributed by atoms with Gasteiger partial charge in [0.25, 0.3) is 0 Å². The summed E-state index contributed by atoms with van der Waals surface area (Å²) in [5.74, 6) is 1.54. The zero-order valence-electron chi connectivity index (χ0n) is 29.0. The number of hydrogen-bond donors (Lipinski definition) is 0. The molecular formula is C44H34Br2N2O4. The molecule has 7 aromatic carbocycles. The highest BCUT2D eigenvalue weighted by atomic mass is 79.9. The van der Waals surface area contributed by atoms with Gasteiger partial charge in [0.1, 0.15) is 0 Å². The SMILES string of the molecule is CC1(C)Oc2ccc(N(c3ccc(Br)cc3)c3ccc4c(ccc5cc(N(c6ccc(Br)cc6)c6ccc7c(c6)OC(C)(C)O7)ccc54)c3)cc2O1. The number of rotatable bonds is 6. The summed E-state index contributed by atoms with van der Waals surface area (Å²) in [6.07, 6.45) is 0. The fourth-order valence-corrected chi connectivity index (χ4v) is 7.63. The van der Waals surface area contributed by atoms with Crippen molar-refractivity contribution in [2.45, 2.75) is 39.3 Å². The van der Waals surface area contributed by atoms with E-state index in [0.717, 1.165) is 76.8 Å². The molecule has 0 unspecified atom stereocenters. The van der Waals surface area contributed by atoms with E-state index >= 15 is 0 Å². The molecule has 0 bridgehead atoms. The lowest BCUT2D eigenvalue weighted by Gasteiger charge is -2.27. The van der Waals surface area contributed by atoms with Crippen molar-refractivity contribution in [2.24, 2.45) is 0 Å². The topological polar surface area (TPSA) is 43.4 Å². The van der Waals surface area contributed by atoms with E-state index in [9.17, 15) is 0 Å². The van der Waals surface area contributed by atoms with Gasteiger partial charge in [-0.1, -0.05) is 56.1 Å². The van der Waals surface area contributed by atoms with E-state index in [2.05, 4.69) is 163 Å². The zero-order chi connectivity index (χ0) is 35.8. The largest absolute Gasteiger partial charge is 0.449 e. The van der Waals surface area contributed by atoms with E-state index in [1.165, 1.54) is 10.8 Å². The van der Waals surface area contributed by atoms with Crippen LogP contribution in [0, 0.1) is 0 Å². The van der Waals surface area contributed by atoms with Crippen LogP contribution >= 0.6 is 31.9 Å². The molecule has 0 saturated carbocycles. The van der Waals surface area contributed by atoms with Crippen molar-refractivity contribution in [3.05, 3.63) is 142 Å². The van der Waals surface area contributed by atoms with Gasteiger partial charge in [0, 0.05) is 71.5 Å². The summed E-state index contributed by atoms with van der Waals surface area (Å²) in [4.78, 5) is 4.49. The highest BCUT2D eigenvalue weighted by Gasteiger charge is 2.33. The first-order valence-electron chi connectivity index (χ1n) is 17.1. The highest BCUT2D eigenvalue weighted by Crippen LogP contribution is 2.47. The van der Waals surface area contributed by atoms with Gasteiger partial charge < -0.3 is 28.7 Å². The molecule has 6 nitrogen and oxygen atoms in total. The second-order valence-electron chi connectivity index (χ2n) is 14.0. The quantitative estimate of drug-likeness (QED) is 0.156. The summed E-state index contributed by atoms with van der Waals surface area (Å²) >= 11 is 7.21. The predicted molar refractivity (Wildman–Crippen MR) is 217 cm³/mol. The van der Waals surface area contributed by atoms with Crippen LogP contribution in [-0.2, 0) is 0 Å². The van der Waals surface area contributed by atoms with E-state index in [1.54, 1.807) is 0 Å². The second kappa shape index (κ2) is 12.2. The van der Waals surface area contributed by atoms with Crippen LogP contribution in [0.5, 0.6) is 23.0 Å². The molecule has 0 N–H and O–H groups in total. The van der Waals surface area contributed by atoms with Gasteiger partial charge in [0.05, 0.1) is 11.4 Å². The molecule has 0 fully saturated rings. The van der Waals surface area contributed by atoms with Crippen LogP contribution in [0.3, 0.4) is 0 Å². The number of hydrogen-bond acceptors (Lipinski definition) is 6. The molecule has 8 heteroatoms. The molecule has 0 radical (unpaired) electrons. The minimum atomic E-state index is -0.704. The Morgan fingerprint density at radius 2 is 0.692 bits per heavy atom. The molecule has 2 aliphatic heterocycles. The Bertz CT molecular complexity index is 2340. The van der Waals surface area contributed by atoms with Crippen molar-refractivity contribution in [3.63, 3.8) is 0 Å². The van der Waals surface area contributed by atoms with Crippen LogP contribution in [0.25, 0.3) is 21.5 Å². The van der Waals surface area contributed by atoms with Crippen molar-refractivity contribution >= 4 is 87.5 Å². The smallest absolute Gasteiger partial charge is 0.246 e. The monoisotopic (exact) mass is 812 g/mol. The fraction of sp³-hybridized carbons (Fsp3) is 0.136. The standard InChI is InChI=1S/C44H34Br2N2O4/c1-43(2)49-39-21-17-35(25-41(39)51-43)47(31-11-7-29(45)8-12-31)33-15-19-37-27(23-33)5-6-28-24-34(16-20-38(28)37)48(32-13-9-30(46)10-14-32)36-18-22-40-42(26-36)52-44(3,4)50-40/h5-26H,1-4H3. The van der Waals surface area contributed by atoms with Gasteiger partial charge in [0.15, 0.2) is 23.0 Å². The van der Waals surface area contributed by atoms with Crippen LogP contribution in [-0.4, -0.2) is 11.6 Å². The average Bonchev–Trinajstić information content (AvgIpc) is 3.61. The number of nitrogens with zero attached hydrogens (tertiary/aromatic N) is 2. The number of halogens is 2. The molecule has 0 aromatic heterocycles. The lowest BCUT2D eigenvalue weighted by molar-refractivity contribution is -0.0437. The molecule has 2 aliphatic rings. The van der Waals surface area contributed by atoms with Gasteiger partial charge in [-0.25, -0.2) is 0 Å². The number of benzene rings is 7. The minimum Gasteiger partial charge on any atom is -0.449 e. The Balaban J connectivity index is 1.12. The minimum absolute atomic E-state index is 0.704. The van der Waals surface area contributed by atoms with Gasteiger partial charge in [-0.05, 0) is 119 Å². The first-order valence-corrected chi connectivity index (χ1v) is 18.7. The number of anilines is 6. The van der Waals surface area contributed by atoms with Gasteiger partial charge in [0.2, 0.25) is 11.6 Å². The Morgan fingerprint density at radius 1 is 0.365 bits per heavy atom. The van der Waals surface area contributed by atoms with E-state index < -0.39 is 11.6 Å². The van der Waals surface area contributed by atoms with Crippen LogP contribution in [0.15, 0.2) is 142 Å². The summed E-state index contributed by atoms with van der Waals surface area (Å²) in [7, 11) is 0. The fourth-order valence-electron chi connectivity index (χ4n) is 7.10. The molecule has 0 saturated heterocycles. The van der Waals surface area contributed by atoms with Gasteiger partial charge in [-0.2, -0.15) is 0 Å². The molecule has 0 spiro atoms. The molecule has 0 aliphatic carbocycles. The van der Waals surface area contributed by atoms with Crippen LogP contribution < -0.4 is 28.7 Å². The van der Waals surface area contributed by atoms with E-state index in [4.69, 9.17) is 18.9 Å². The van der Waals surface area contributed by atoms with Crippen molar-refractivity contribution in [3.8, 4) is 23.0 Å². The molecule has 258 valence electrons. The Morgan fingerprint density at radius 3 is 1.10 bits per heavy atom. The van der Waals surface area contributed by atoms with E-state index in [-0.39, 0.29) is 0 Å². The third-order valence-electron chi connectivity index (χ3n) is 9.28. The van der Waals surface area contributed by atoms with Crippen LogP contribution in [0.1, 0.15) is 27.7 Å². The predicted octanol–water partition coefficient (Wildman–Crippen LogP) is 13.5. The summed E-state index contributed by atoms with van der Waals surface area (Å²) in [5, 5.41) is 4.64. The second-order valence-corrected chi connectivity index (χ2v) is 15.8.